The van der Waals surface area contributed by atoms with Crippen molar-refractivity contribution >= 4 is 29.2 Å². The minimum atomic E-state index is -0.357. The van der Waals surface area contributed by atoms with Crippen LogP contribution in [0.2, 0.25) is 0 Å². The standard InChI is InChI=1S/C17H18N2O4S/c1-5-23-17(20)10-6-15-16(18-9(10)2)19-11-7-12(21-3)13(22-4)8-14(11)24-15/h6-8H,5H2,1-4H3,(H,18,19). The molecule has 0 radical (unpaired) electrons. The number of carbonyl (C=O) groups excluding carboxylic acids is 1. The number of hydrogen-bond donors (Lipinski definition) is 1. The first-order chi connectivity index (χ1) is 11.6. The lowest BCUT2D eigenvalue weighted by Crippen LogP contribution is -2.11. The molecule has 2 heterocycles. The fourth-order valence-electron chi connectivity index (χ4n) is 2.46. The van der Waals surface area contributed by atoms with E-state index in [-0.39, 0.29) is 5.97 Å². The highest BCUT2D eigenvalue weighted by molar-refractivity contribution is 7.99. The number of rotatable bonds is 4. The van der Waals surface area contributed by atoms with E-state index < -0.39 is 0 Å². The molecule has 1 aliphatic rings. The lowest BCUT2D eigenvalue weighted by molar-refractivity contribution is 0.0524. The van der Waals surface area contributed by atoms with Gasteiger partial charge in [-0.3, -0.25) is 0 Å². The summed E-state index contributed by atoms with van der Waals surface area (Å²) in [6, 6.07) is 5.59. The van der Waals surface area contributed by atoms with Gasteiger partial charge in [0.15, 0.2) is 11.5 Å². The van der Waals surface area contributed by atoms with Gasteiger partial charge in [-0.05, 0) is 19.9 Å². The maximum absolute atomic E-state index is 12.1. The van der Waals surface area contributed by atoms with E-state index in [0.29, 0.717) is 35.2 Å². The van der Waals surface area contributed by atoms with Crippen LogP contribution in [0.3, 0.4) is 0 Å². The number of aryl methyl sites for hydroxylation is 1. The number of aromatic nitrogens is 1. The van der Waals surface area contributed by atoms with Crippen LogP contribution < -0.4 is 14.8 Å². The average Bonchev–Trinajstić information content (AvgIpc) is 2.58. The second kappa shape index (κ2) is 6.60. The van der Waals surface area contributed by atoms with Crippen LogP contribution in [-0.4, -0.2) is 31.8 Å². The van der Waals surface area contributed by atoms with Gasteiger partial charge in [-0.2, -0.15) is 0 Å². The number of methoxy groups -OCH3 is 2. The number of hydrogen-bond acceptors (Lipinski definition) is 7. The number of pyridine rings is 1. The number of nitrogens with one attached hydrogen (secondary N) is 1. The fourth-order valence-corrected chi connectivity index (χ4v) is 3.45. The molecule has 0 saturated carbocycles. The third kappa shape index (κ3) is 2.87. The Labute approximate surface area is 144 Å². The van der Waals surface area contributed by atoms with Crippen LogP contribution in [0.5, 0.6) is 11.5 Å². The molecule has 6 nitrogen and oxygen atoms in total. The maximum Gasteiger partial charge on any atom is 0.340 e. The van der Waals surface area contributed by atoms with Crippen LogP contribution in [0.4, 0.5) is 11.5 Å². The number of benzene rings is 1. The van der Waals surface area contributed by atoms with E-state index in [0.717, 1.165) is 15.5 Å². The molecule has 0 amide bonds. The molecule has 1 aromatic carbocycles. The Kier molecular flexibility index (Phi) is 4.53. The SMILES string of the molecule is CCOC(=O)c1cc2c(nc1C)Nc1cc(OC)c(OC)cc1S2. The molecular weight excluding hydrogens is 328 g/mol. The van der Waals surface area contributed by atoms with E-state index in [4.69, 9.17) is 14.2 Å². The van der Waals surface area contributed by atoms with Crippen LogP contribution in [0, 0.1) is 6.92 Å². The van der Waals surface area contributed by atoms with Crippen molar-refractivity contribution in [2.45, 2.75) is 23.6 Å². The quantitative estimate of drug-likeness (QED) is 0.721. The second-order valence-electron chi connectivity index (χ2n) is 5.12. The first-order valence-electron chi connectivity index (χ1n) is 7.47. The summed E-state index contributed by atoms with van der Waals surface area (Å²) in [6.45, 7) is 3.91. The number of fused-ring (bicyclic) bond motifs is 2. The number of esters is 1. The molecule has 0 fully saturated rings. The molecule has 3 rings (SSSR count). The van der Waals surface area contributed by atoms with Crippen molar-refractivity contribution in [2.75, 3.05) is 26.1 Å². The highest BCUT2D eigenvalue weighted by atomic mass is 32.2. The van der Waals surface area contributed by atoms with Crippen LogP contribution in [0.25, 0.3) is 0 Å². The van der Waals surface area contributed by atoms with Crippen molar-refractivity contribution in [3.05, 3.63) is 29.5 Å². The van der Waals surface area contributed by atoms with Gasteiger partial charge in [-0.1, -0.05) is 11.8 Å². The Bertz CT molecular complexity index is 808. The summed E-state index contributed by atoms with van der Waals surface area (Å²) < 4.78 is 15.8. The minimum absolute atomic E-state index is 0.334. The third-order valence-corrected chi connectivity index (χ3v) is 4.72. The normalized spacial score (nSPS) is 11.8. The lowest BCUT2D eigenvalue weighted by atomic mass is 10.2. The lowest BCUT2D eigenvalue weighted by Gasteiger charge is -2.22. The summed E-state index contributed by atoms with van der Waals surface area (Å²) in [5, 5.41) is 3.29. The second-order valence-corrected chi connectivity index (χ2v) is 6.20. The molecule has 0 aliphatic carbocycles. The van der Waals surface area contributed by atoms with Gasteiger partial charge in [0.2, 0.25) is 0 Å². The summed E-state index contributed by atoms with van der Waals surface area (Å²) in [7, 11) is 3.20. The largest absolute Gasteiger partial charge is 0.493 e. The molecule has 0 bridgehead atoms. The predicted molar refractivity (Wildman–Crippen MR) is 91.9 cm³/mol. The van der Waals surface area contributed by atoms with Gasteiger partial charge in [0.05, 0.1) is 42.7 Å². The van der Waals surface area contributed by atoms with Gasteiger partial charge in [0.25, 0.3) is 0 Å². The zero-order valence-electron chi connectivity index (χ0n) is 13.9. The number of nitrogens with zero attached hydrogens (tertiary/aromatic N) is 1. The Balaban J connectivity index is 2.01. The Morgan fingerprint density at radius 1 is 1.17 bits per heavy atom. The molecule has 1 aliphatic heterocycles. The Hall–Kier alpha value is -2.41. The van der Waals surface area contributed by atoms with Crippen molar-refractivity contribution in [1.82, 2.24) is 4.98 Å². The van der Waals surface area contributed by atoms with E-state index in [1.165, 1.54) is 11.8 Å². The van der Waals surface area contributed by atoms with E-state index >= 15 is 0 Å². The van der Waals surface area contributed by atoms with Crippen molar-refractivity contribution in [1.29, 1.82) is 0 Å². The van der Waals surface area contributed by atoms with Crippen molar-refractivity contribution in [3.63, 3.8) is 0 Å². The third-order valence-electron chi connectivity index (χ3n) is 3.63. The van der Waals surface area contributed by atoms with Crippen molar-refractivity contribution < 1.29 is 19.0 Å². The molecule has 0 unspecified atom stereocenters. The van der Waals surface area contributed by atoms with Crippen LogP contribution in [-0.2, 0) is 4.74 Å². The number of carbonyl (C=O) groups is 1. The molecule has 24 heavy (non-hydrogen) atoms. The zero-order valence-corrected chi connectivity index (χ0v) is 14.7. The van der Waals surface area contributed by atoms with Crippen molar-refractivity contribution in [3.8, 4) is 11.5 Å². The van der Waals surface area contributed by atoms with E-state index in [9.17, 15) is 4.79 Å². The summed E-state index contributed by atoms with van der Waals surface area (Å²) in [5.74, 6) is 1.65. The van der Waals surface area contributed by atoms with E-state index in [2.05, 4.69) is 10.3 Å². The van der Waals surface area contributed by atoms with Crippen molar-refractivity contribution in [2.24, 2.45) is 0 Å². The highest BCUT2D eigenvalue weighted by Crippen LogP contribution is 2.47. The van der Waals surface area contributed by atoms with Crippen LogP contribution in [0.15, 0.2) is 28.0 Å². The fraction of sp³-hybridized carbons (Fsp3) is 0.294. The molecular formula is C17H18N2O4S. The molecule has 0 saturated heterocycles. The molecule has 126 valence electrons. The first kappa shape index (κ1) is 16.4. The molecule has 1 aromatic heterocycles. The van der Waals surface area contributed by atoms with Gasteiger partial charge in [0.1, 0.15) is 5.82 Å². The Morgan fingerprint density at radius 3 is 2.54 bits per heavy atom. The number of anilines is 2. The summed E-state index contributed by atoms with van der Waals surface area (Å²) in [5.41, 5.74) is 2.00. The minimum Gasteiger partial charge on any atom is -0.493 e. The molecule has 1 N–H and O–H groups in total. The predicted octanol–water partition coefficient (Wildman–Crippen LogP) is 3.79. The van der Waals surface area contributed by atoms with E-state index in [1.54, 1.807) is 28.1 Å². The van der Waals surface area contributed by atoms with Gasteiger partial charge in [-0.25, -0.2) is 9.78 Å². The first-order valence-corrected chi connectivity index (χ1v) is 8.28. The van der Waals surface area contributed by atoms with Gasteiger partial charge in [0, 0.05) is 17.0 Å². The van der Waals surface area contributed by atoms with Gasteiger partial charge in [-0.15, -0.1) is 0 Å². The topological polar surface area (TPSA) is 69.7 Å². The summed E-state index contributed by atoms with van der Waals surface area (Å²) in [4.78, 5) is 18.4. The summed E-state index contributed by atoms with van der Waals surface area (Å²) >= 11 is 1.52. The van der Waals surface area contributed by atoms with Gasteiger partial charge >= 0.3 is 5.97 Å². The Morgan fingerprint density at radius 2 is 1.88 bits per heavy atom. The molecule has 2 aromatic rings. The van der Waals surface area contributed by atoms with Crippen LogP contribution in [0.1, 0.15) is 23.0 Å². The molecule has 0 spiro atoms. The number of ether oxygens (including phenoxy) is 3. The maximum atomic E-state index is 12.1. The smallest absolute Gasteiger partial charge is 0.340 e. The van der Waals surface area contributed by atoms with E-state index in [1.807, 2.05) is 18.2 Å². The monoisotopic (exact) mass is 346 g/mol. The molecule has 7 heteroatoms. The zero-order chi connectivity index (χ0) is 17.3. The summed E-state index contributed by atoms with van der Waals surface area (Å²) in [6.07, 6.45) is 0. The highest BCUT2D eigenvalue weighted by Gasteiger charge is 2.23. The van der Waals surface area contributed by atoms with Gasteiger partial charge < -0.3 is 19.5 Å². The average molecular weight is 346 g/mol. The molecule has 0 atom stereocenters. The van der Waals surface area contributed by atoms with Crippen LogP contribution >= 0.6 is 11.8 Å².